The molecule has 1 saturated carbocycles. The first-order chi connectivity index (χ1) is 12.5. The molecule has 2 aliphatic rings. The van der Waals surface area contributed by atoms with Crippen LogP contribution < -0.4 is 0 Å². The Morgan fingerprint density at radius 3 is 2.81 bits per heavy atom. The smallest absolute Gasteiger partial charge is 0.227 e. The van der Waals surface area contributed by atoms with Crippen molar-refractivity contribution in [1.82, 2.24) is 14.5 Å². The lowest BCUT2D eigenvalue weighted by atomic mass is 10.1. The molecule has 0 bridgehead atoms. The van der Waals surface area contributed by atoms with Gasteiger partial charge in [-0.25, -0.2) is 13.4 Å². The quantitative estimate of drug-likeness (QED) is 0.610. The Hall–Kier alpha value is -0.960. The highest BCUT2D eigenvalue weighted by molar-refractivity contribution is 7.91. The van der Waals surface area contributed by atoms with Crippen molar-refractivity contribution >= 4 is 9.84 Å². The van der Waals surface area contributed by atoms with Gasteiger partial charge in [0.15, 0.2) is 0 Å². The summed E-state index contributed by atoms with van der Waals surface area (Å²) in [5, 5.41) is 0.193. The van der Waals surface area contributed by atoms with Crippen LogP contribution in [0.5, 0.6) is 0 Å². The molecular formula is C18H31N3O4S. The molecule has 7 nitrogen and oxygen atoms in total. The topological polar surface area (TPSA) is 73.7 Å². The predicted molar refractivity (Wildman–Crippen MR) is 98.8 cm³/mol. The molecule has 3 rings (SSSR count). The number of ether oxygens (including phenoxy) is 2. The van der Waals surface area contributed by atoms with E-state index in [1.807, 2.05) is 11.6 Å². The monoisotopic (exact) mass is 385 g/mol. The van der Waals surface area contributed by atoms with E-state index in [0.717, 1.165) is 44.5 Å². The fourth-order valence-corrected chi connectivity index (χ4v) is 5.36. The second-order valence-electron chi connectivity index (χ2n) is 7.59. The first-order valence-electron chi connectivity index (χ1n) is 9.56. The number of nitrogens with zero attached hydrogens (tertiary/aromatic N) is 3. The lowest BCUT2D eigenvalue weighted by molar-refractivity contribution is -0.00294. The SMILES string of the molecule is COCCn1c(CN(C)C[C@@H]2CCCCO2)cnc1S(=O)(=O)CC1CC1. The third-order valence-corrected chi connectivity index (χ3v) is 6.86. The second-order valence-corrected chi connectivity index (χ2v) is 9.51. The molecule has 1 aromatic rings. The van der Waals surface area contributed by atoms with Gasteiger partial charge in [-0.1, -0.05) is 0 Å². The van der Waals surface area contributed by atoms with E-state index in [2.05, 4.69) is 9.88 Å². The Labute approximate surface area is 156 Å². The van der Waals surface area contributed by atoms with Crippen LogP contribution in [0.1, 0.15) is 37.8 Å². The zero-order valence-electron chi connectivity index (χ0n) is 15.9. The molecule has 1 aliphatic carbocycles. The van der Waals surface area contributed by atoms with Crippen LogP contribution in [0.25, 0.3) is 0 Å². The number of likely N-dealkylation sites (N-methyl/N-ethyl adjacent to an activating group) is 1. The number of methoxy groups -OCH3 is 1. The lowest BCUT2D eigenvalue weighted by Crippen LogP contribution is -2.33. The maximum atomic E-state index is 12.7. The van der Waals surface area contributed by atoms with Crippen LogP contribution in [-0.2, 0) is 32.4 Å². The molecule has 1 aliphatic heterocycles. The molecule has 1 atom stereocenters. The summed E-state index contributed by atoms with van der Waals surface area (Å²) in [5.74, 6) is 0.518. The van der Waals surface area contributed by atoms with Crippen LogP contribution in [0.2, 0.25) is 0 Å². The molecule has 1 aromatic heterocycles. The Morgan fingerprint density at radius 1 is 1.35 bits per heavy atom. The highest BCUT2D eigenvalue weighted by Crippen LogP contribution is 2.32. The van der Waals surface area contributed by atoms with Crippen molar-refractivity contribution in [3.05, 3.63) is 11.9 Å². The number of rotatable bonds is 10. The third kappa shape index (κ3) is 5.28. The van der Waals surface area contributed by atoms with Crippen LogP contribution in [-0.4, -0.2) is 68.6 Å². The minimum Gasteiger partial charge on any atom is -0.383 e. The molecule has 0 radical (unpaired) electrons. The molecule has 0 N–H and O–H groups in total. The summed E-state index contributed by atoms with van der Waals surface area (Å²) in [6, 6.07) is 0. The highest BCUT2D eigenvalue weighted by Gasteiger charge is 2.32. The number of hydrogen-bond acceptors (Lipinski definition) is 6. The summed E-state index contributed by atoms with van der Waals surface area (Å²) in [4.78, 5) is 6.47. The number of hydrogen-bond donors (Lipinski definition) is 0. The molecule has 0 spiro atoms. The van der Waals surface area contributed by atoms with E-state index in [9.17, 15) is 8.42 Å². The Balaban J connectivity index is 1.70. The molecule has 2 fully saturated rings. The highest BCUT2D eigenvalue weighted by atomic mass is 32.2. The van der Waals surface area contributed by atoms with Crippen molar-refractivity contribution in [2.24, 2.45) is 5.92 Å². The van der Waals surface area contributed by atoms with Crippen molar-refractivity contribution in [2.75, 3.05) is 39.7 Å². The van der Waals surface area contributed by atoms with Crippen molar-refractivity contribution < 1.29 is 17.9 Å². The average Bonchev–Trinajstić information content (AvgIpc) is 3.31. The maximum absolute atomic E-state index is 12.7. The van der Waals surface area contributed by atoms with E-state index in [-0.39, 0.29) is 17.0 Å². The largest absolute Gasteiger partial charge is 0.383 e. The summed E-state index contributed by atoms with van der Waals surface area (Å²) in [6.07, 6.45) is 7.44. The summed E-state index contributed by atoms with van der Waals surface area (Å²) >= 11 is 0. The van der Waals surface area contributed by atoms with Crippen molar-refractivity contribution in [3.63, 3.8) is 0 Å². The van der Waals surface area contributed by atoms with Crippen LogP contribution in [0.15, 0.2) is 11.4 Å². The molecule has 2 heterocycles. The summed E-state index contributed by atoms with van der Waals surface area (Å²) in [7, 11) is 0.325. The van der Waals surface area contributed by atoms with Gasteiger partial charge in [-0.05, 0) is 45.1 Å². The van der Waals surface area contributed by atoms with Gasteiger partial charge in [0.25, 0.3) is 0 Å². The van der Waals surface area contributed by atoms with E-state index >= 15 is 0 Å². The minimum atomic E-state index is -3.35. The van der Waals surface area contributed by atoms with E-state index in [1.165, 1.54) is 6.42 Å². The molecule has 0 amide bonds. The number of imidazole rings is 1. The molecule has 148 valence electrons. The van der Waals surface area contributed by atoms with Gasteiger partial charge >= 0.3 is 0 Å². The second kappa shape index (κ2) is 8.82. The predicted octanol–water partition coefficient (Wildman–Crippen LogP) is 1.71. The Bertz CT molecular complexity index is 679. The van der Waals surface area contributed by atoms with Crippen LogP contribution in [0, 0.1) is 5.92 Å². The van der Waals surface area contributed by atoms with Gasteiger partial charge in [-0.2, -0.15) is 0 Å². The van der Waals surface area contributed by atoms with E-state index in [4.69, 9.17) is 9.47 Å². The first-order valence-corrected chi connectivity index (χ1v) is 11.2. The molecule has 8 heteroatoms. The van der Waals surface area contributed by atoms with Crippen molar-refractivity contribution in [2.45, 2.75) is 56.5 Å². The van der Waals surface area contributed by atoms with Gasteiger partial charge in [-0.15, -0.1) is 0 Å². The molecular weight excluding hydrogens is 354 g/mol. The lowest BCUT2D eigenvalue weighted by Gasteiger charge is -2.27. The van der Waals surface area contributed by atoms with Gasteiger partial charge in [0.2, 0.25) is 15.0 Å². The average molecular weight is 386 g/mol. The van der Waals surface area contributed by atoms with Crippen LogP contribution in [0.3, 0.4) is 0 Å². The van der Waals surface area contributed by atoms with Gasteiger partial charge in [0, 0.05) is 33.4 Å². The zero-order valence-corrected chi connectivity index (χ0v) is 16.7. The van der Waals surface area contributed by atoms with Crippen molar-refractivity contribution in [1.29, 1.82) is 0 Å². The standard InChI is InChI=1S/C18H31N3O4S/c1-20(13-17-5-3-4-9-25-17)12-16-11-19-18(21(16)8-10-24-2)26(22,23)14-15-6-7-15/h11,15,17H,3-10,12-14H2,1-2H3/t17-/m0/s1. The van der Waals surface area contributed by atoms with Crippen LogP contribution >= 0.6 is 0 Å². The molecule has 0 aromatic carbocycles. The molecule has 1 saturated heterocycles. The Kier molecular flexibility index (Phi) is 6.71. The number of aromatic nitrogens is 2. The summed E-state index contributed by atoms with van der Waals surface area (Å²) in [6.45, 7) is 3.30. The van der Waals surface area contributed by atoms with Gasteiger partial charge in [0.05, 0.1) is 30.4 Å². The van der Waals surface area contributed by atoms with Gasteiger partial charge in [0.1, 0.15) is 0 Å². The fraction of sp³-hybridized carbons (Fsp3) is 0.833. The van der Waals surface area contributed by atoms with E-state index < -0.39 is 9.84 Å². The van der Waals surface area contributed by atoms with E-state index in [0.29, 0.717) is 25.6 Å². The van der Waals surface area contributed by atoms with Gasteiger partial charge in [-0.3, -0.25) is 4.90 Å². The van der Waals surface area contributed by atoms with Gasteiger partial charge < -0.3 is 14.0 Å². The number of sulfone groups is 1. The summed E-state index contributed by atoms with van der Waals surface area (Å²) in [5.41, 5.74) is 0.912. The normalized spacial score (nSPS) is 21.4. The van der Waals surface area contributed by atoms with Crippen LogP contribution in [0.4, 0.5) is 0 Å². The fourth-order valence-electron chi connectivity index (χ4n) is 3.50. The maximum Gasteiger partial charge on any atom is 0.227 e. The Morgan fingerprint density at radius 2 is 2.15 bits per heavy atom. The van der Waals surface area contributed by atoms with Crippen molar-refractivity contribution in [3.8, 4) is 0 Å². The molecule has 26 heavy (non-hydrogen) atoms. The minimum absolute atomic E-state index is 0.193. The third-order valence-electron chi connectivity index (χ3n) is 5.07. The van der Waals surface area contributed by atoms with E-state index in [1.54, 1.807) is 13.3 Å². The molecule has 0 unspecified atom stereocenters. The zero-order chi connectivity index (χ0) is 18.6. The first kappa shape index (κ1) is 19.8. The summed E-state index contributed by atoms with van der Waals surface area (Å²) < 4.78 is 38.3.